The van der Waals surface area contributed by atoms with Gasteiger partial charge in [-0.2, -0.15) is 8.42 Å². The molecule has 0 radical (unpaired) electrons. The molecule has 2 aliphatic rings. The van der Waals surface area contributed by atoms with Crippen molar-refractivity contribution in [2.24, 2.45) is 10.3 Å². The average Bonchev–Trinajstić information content (AvgIpc) is 2.79. The van der Waals surface area contributed by atoms with Crippen LogP contribution in [0.1, 0.15) is 31.1 Å². The molecule has 1 amide bonds. The van der Waals surface area contributed by atoms with Crippen molar-refractivity contribution in [3.8, 4) is 5.75 Å². The van der Waals surface area contributed by atoms with Crippen LogP contribution in [0, 0.1) is 5.92 Å². The van der Waals surface area contributed by atoms with Crippen molar-refractivity contribution in [1.29, 1.82) is 0 Å². The van der Waals surface area contributed by atoms with Crippen molar-refractivity contribution >= 4 is 39.1 Å². The van der Waals surface area contributed by atoms with Gasteiger partial charge in [0.2, 0.25) is 6.10 Å². The fourth-order valence-corrected chi connectivity index (χ4v) is 5.22. The van der Waals surface area contributed by atoms with E-state index in [1.807, 2.05) is 18.7 Å². The van der Waals surface area contributed by atoms with E-state index in [0.717, 1.165) is 0 Å². The number of para-hydroxylation sites is 2. The van der Waals surface area contributed by atoms with Gasteiger partial charge in [-0.15, -0.1) is 4.40 Å². The molecular weight excluding hydrogens is 446 g/mol. The minimum absolute atomic E-state index is 0.0225. The highest BCUT2D eigenvalue weighted by Gasteiger charge is 2.36. The molecule has 0 fully saturated rings. The van der Waals surface area contributed by atoms with Gasteiger partial charge < -0.3 is 19.3 Å². The average molecular weight is 472 g/mol. The number of hydrogen-bond donors (Lipinski definition) is 0. The topological polar surface area (TPSA) is 106 Å². The third-order valence-corrected chi connectivity index (χ3v) is 6.84. The van der Waals surface area contributed by atoms with Crippen LogP contribution in [0.5, 0.6) is 5.75 Å². The maximum absolute atomic E-state index is 13.5. The second-order valence-electron chi connectivity index (χ2n) is 8.31. The van der Waals surface area contributed by atoms with E-state index in [1.165, 1.54) is 18.1 Å². The largest absolute Gasteiger partial charge is 0.475 e. The number of amidine groups is 1. The molecule has 9 nitrogen and oxygen atoms in total. The molecule has 0 aromatic heterocycles. The molecule has 0 aliphatic carbocycles. The fourth-order valence-electron chi connectivity index (χ4n) is 3.96. The van der Waals surface area contributed by atoms with Gasteiger partial charge in [-0.3, -0.25) is 4.79 Å². The van der Waals surface area contributed by atoms with Crippen molar-refractivity contribution in [3.05, 3.63) is 48.0 Å². The molecule has 0 saturated heterocycles. The lowest BCUT2D eigenvalue weighted by Crippen LogP contribution is -2.47. The Bertz CT molecular complexity index is 1250. The first-order chi connectivity index (χ1) is 15.6. The Hall–Kier alpha value is -3.40. The van der Waals surface area contributed by atoms with Crippen molar-refractivity contribution in [1.82, 2.24) is 0 Å². The van der Waals surface area contributed by atoms with Crippen molar-refractivity contribution < 1.29 is 27.5 Å². The number of anilines is 2. The molecule has 0 saturated carbocycles. The minimum Gasteiger partial charge on any atom is -0.475 e. The highest BCUT2D eigenvalue weighted by molar-refractivity contribution is 7.90. The van der Waals surface area contributed by atoms with Crippen LogP contribution in [0.2, 0.25) is 0 Å². The standard InChI is InChI=1S/C23H25N3O6S/c1-14(2)12-25-15(3)24-33(29,30)21-11-16(9-10-18(21)25)22(27)26-13-20(23(28)31-4)32-19-8-6-5-7-17(19)26/h5-11,14,20H,12-13H2,1-4H3. The van der Waals surface area contributed by atoms with Crippen LogP contribution in [-0.4, -0.2) is 52.4 Å². The Morgan fingerprint density at radius 3 is 2.61 bits per heavy atom. The van der Waals surface area contributed by atoms with E-state index >= 15 is 0 Å². The predicted octanol–water partition coefficient (Wildman–Crippen LogP) is 2.85. The Morgan fingerprint density at radius 2 is 1.91 bits per heavy atom. The number of methoxy groups -OCH3 is 1. The summed E-state index contributed by atoms with van der Waals surface area (Å²) in [5.74, 6) is -0.0475. The Labute approximate surface area is 192 Å². The highest BCUT2D eigenvalue weighted by atomic mass is 32.2. The molecule has 1 unspecified atom stereocenters. The van der Waals surface area contributed by atoms with E-state index in [0.29, 0.717) is 29.5 Å². The van der Waals surface area contributed by atoms with Crippen LogP contribution in [-0.2, 0) is 19.6 Å². The molecule has 2 aromatic carbocycles. The summed E-state index contributed by atoms with van der Waals surface area (Å²) in [6.07, 6.45) is -0.996. The first-order valence-electron chi connectivity index (χ1n) is 10.5. The number of nitrogens with zero attached hydrogens (tertiary/aromatic N) is 3. The third kappa shape index (κ3) is 4.18. The molecule has 0 bridgehead atoms. The number of carbonyl (C=O) groups excluding carboxylic acids is 2. The summed E-state index contributed by atoms with van der Waals surface area (Å²) in [5.41, 5.74) is 1.14. The number of rotatable bonds is 4. The van der Waals surface area contributed by atoms with E-state index in [-0.39, 0.29) is 22.9 Å². The Balaban J connectivity index is 1.75. The summed E-state index contributed by atoms with van der Waals surface area (Å²) in [5, 5.41) is 0. The van der Waals surface area contributed by atoms with Crippen molar-refractivity contribution in [2.45, 2.75) is 31.8 Å². The van der Waals surface area contributed by atoms with Gasteiger partial charge in [0.05, 0.1) is 25.0 Å². The van der Waals surface area contributed by atoms with Gasteiger partial charge in [0.15, 0.2) is 0 Å². The van der Waals surface area contributed by atoms with E-state index in [2.05, 4.69) is 4.40 Å². The molecule has 2 aromatic rings. The number of benzene rings is 2. The maximum Gasteiger partial charge on any atom is 0.348 e. The molecule has 2 heterocycles. The number of carbonyl (C=O) groups is 2. The molecular formula is C23H25N3O6S. The van der Waals surface area contributed by atoms with E-state index in [4.69, 9.17) is 9.47 Å². The van der Waals surface area contributed by atoms with E-state index in [9.17, 15) is 18.0 Å². The Morgan fingerprint density at radius 1 is 1.18 bits per heavy atom. The summed E-state index contributed by atoms with van der Waals surface area (Å²) >= 11 is 0. The van der Waals surface area contributed by atoms with E-state index < -0.39 is 28.0 Å². The van der Waals surface area contributed by atoms with Crippen LogP contribution in [0.25, 0.3) is 0 Å². The summed E-state index contributed by atoms with van der Waals surface area (Å²) < 4.78 is 40.0. The monoisotopic (exact) mass is 471 g/mol. The minimum atomic E-state index is -3.96. The van der Waals surface area contributed by atoms with Gasteiger partial charge in [-0.1, -0.05) is 26.0 Å². The zero-order valence-corrected chi connectivity index (χ0v) is 19.6. The third-order valence-electron chi connectivity index (χ3n) is 5.45. The van der Waals surface area contributed by atoms with Crippen LogP contribution < -0.4 is 14.5 Å². The first kappa shape index (κ1) is 22.8. The van der Waals surface area contributed by atoms with Gasteiger partial charge in [-0.05, 0) is 43.2 Å². The SMILES string of the molecule is COC(=O)C1CN(C(=O)c2ccc3c(c2)S(=O)(=O)N=C(C)N3CC(C)C)c2ccccc2O1. The highest BCUT2D eigenvalue weighted by Crippen LogP contribution is 2.36. The molecule has 0 spiro atoms. The number of fused-ring (bicyclic) bond motifs is 2. The Kier molecular flexibility index (Phi) is 5.87. The molecule has 2 aliphatic heterocycles. The fraction of sp³-hybridized carbons (Fsp3) is 0.348. The first-order valence-corrected chi connectivity index (χ1v) is 11.9. The van der Waals surface area contributed by atoms with Gasteiger partial charge in [-0.25, -0.2) is 4.79 Å². The molecule has 0 N–H and O–H groups in total. The number of hydrogen-bond acceptors (Lipinski definition) is 7. The summed E-state index contributed by atoms with van der Waals surface area (Å²) in [4.78, 5) is 28.9. The lowest BCUT2D eigenvalue weighted by Gasteiger charge is -2.34. The number of esters is 1. The van der Waals surface area contributed by atoms with Crippen LogP contribution in [0.15, 0.2) is 51.8 Å². The molecule has 1 atom stereocenters. The maximum atomic E-state index is 13.5. The summed E-state index contributed by atoms with van der Waals surface area (Å²) in [7, 11) is -2.71. The van der Waals surface area contributed by atoms with Crippen LogP contribution >= 0.6 is 0 Å². The molecule has 174 valence electrons. The number of ether oxygens (including phenoxy) is 2. The zero-order chi connectivity index (χ0) is 23.9. The van der Waals surface area contributed by atoms with Crippen molar-refractivity contribution in [2.75, 3.05) is 30.0 Å². The molecule has 33 heavy (non-hydrogen) atoms. The number of amides is 1. The van der Waals surface area contributed by atoms with Crippen molar-refractivity contribution in [3.63, 3.8) is 0 Å². The summed E-state index contributed by atoms with van der Waals surface area (Å²) in [6, 6.07) is 11.4. The van der Waals surface area contributed by atoms with Crippen LogP contribution in [0.3, 0.4) is 0 Å². The lowest BCUT2D eigenvalue weighted by atomic mass is 10.1. The van der Waals surface area contributed by atoms with Gasteiger partial charge in [0.25, 0.3) is 15.9 Å². The smallest absolute Gasteiger partial charge is 0.348 e. The second kappa shape index (κ2) is 8.51. The number of sulfonamides is 1. The van der Waals surface area contributed by atoms with Crippen LogP contribution in [0.4, 0.5) is 11.4 Å². The zero-order valence-electron chi connectivity index (χ0n) is 18.8. The summed E-state index contributed by atoms with van der Waals surface area (Å²) in [6.45, 7) is 6.23. The van der Waals surface area contributed by atoms with E-state index in [1.54, 1.807) is 43.3 Å². The molecule has 10 heteroatoms. The van der Waals surface area contributed by atoms with Gasteiger partial charge >= 0.3 is 5.97 Å². The second-order valence-corrected chi connectivity index (χ2v) is 9.89. The van der Waals surface area contributed by atoms with Gasteiger partial charge in [0, 0.05) is 12.1 Å². The molecule has 4 rings (SSSR count). The normalized spacial score (nSPS) is 18.7. The lowest BCUT2D eigenvalue weighted by molar-refractivity contribution is -0.148. The quantitative estimate of drug-likeness (QED) is 0.631. The predicted molar refractivity (Wildman–Crippen MR) is 123 cm³/mol. The van der Waals surface area contributed by atoms with Gasteiger partial charge in [0.1, 0.15) is 16.5 Å².